The highest BCUT2D eigenvalue weighted by Crippen LogP contribution is 2.42. The van der Waals surface area contributed by atoms with Crippen molar-refractivity contribution in [2.45, 2.75) is 25.5 Å². The molecule has 4 heteroatoms. The lowest BCUT2D eigenvalue weighted by Crippen LogP contribution is -2.33. The van der Waals surface area contributed by atoms with Gasteiger partial charge in [-0.25, -0.2) is 4.98 Å². The molecule has 0 radical (unpaired) electrons. The fraction of sp³-hybridized carbons (Fsp3) is 0.312. The first kappa shape index (κ1) is 13.1. The summed E-state index contributed by atoms with van der Waals surface area (Å²) in [7, 11) is 0. The van der Waals surface area contributed by atoms with E-state index >= 15 is 0 Å². The van der Waals surface area contributed by atoms with Crippen molar-refractivity contribution in [2.24, 2.45) is 0 Å². The van der Waals surface area contributed by atoms with Gasteiger partial charge in [-0.1, -0.05) is 30.3 Å². The van der Waals surface area contributed by atoms with Gasteiger partial charge in [-0.15, -0.1) is 0 Å². The summed E-state index contributed by atoms with van der Waals surface area (Å²) in [4.78, 5) is 5.85. The van der Waals surface area contributed by atoms with Gasteiger partial charge in [-0.3, -0.25) is 0 Å². The summed E-state index contributed by atoms with van der Waals surface area (Å²) in [5.41, 5.74) is 1.74. The third-order valence-corrected chi connectivity index (χ3v) is 3.70. The zero-order valence-corrected chi connectivity index (χ0v) is 11.6. The Kier molecular flexibility index (Phi) is 3.18. The van der Waals surface area contributed by atoms with E-state index in [1.165, 1.54) is 11.6 Å². The molecule has 0 amide bonds. The predicted octanol–water partition coefficient (Wildman–Crippen LogP) is 3.53. The van der Waals surface area contributed by atoms with Crippen LogP contribution in [0.2, 0.25) is 0 Å². The van der Waals surface area contributed by atoms with E-state index in [9.17, 15) is 4.39 Å². The number of aromatic nitrogens is 1. The van der Waals surface area contributed by atoms with Crippen LogP contribution in [0.5, 0.6) is 0 Å². The molecule has 0 N–H and O–H groups in total. The molecule has 1 atom stereocenters. The number of pyridine rings is 1. The second kappa shape index (κ2) is 4.87. The van der Waals surface area contributed by atoms with Crippen molar-refractivity contribution in [1.29, 1.82) is 0 Å². The second-order valence-corrected chi connectivity index (χ2v) is 5.50. The van der Waals surface area contributed by atoms with Crippen LogP contribution in [-0.2, 0) is 4.74 Å². The average Bonchev–Trinajstić information content (AvgIpc) is 2.76. The van der Waals surface area contributed by atoms with Crippen LogP contribution in [0, 0.1) is 5.95 Å². The first-order chi connectivity index (χ1) is 9.58. The van der Waals surface area contributed by atoms with Crippen LogP contribution in [0.25, 0.3) is 0 Å². The van der Waals surface area contributed by atoms with Gasteiger partial charge in [0, 0.05) is 0 Å². The fourth-order valence-electron chi connectivity index (χ4n) is 2.74. The molecule has 104 valence electrons. The summed E-state index contributed by atoms with van der Waals surface area (Å²) in [6.45, 7) is 4.61. The van der Waals surface area contributed by atoms with Crippen LogP contribution in [-0.4, -0.2) is 17.3 Å². The minimum atomic E-state index is -0.468. The Morgan fingerprint density at radius 2 is 1.95 bits per heavy atom. The summed E-state index contributed by atoms with van der Waals surface area (Å²) >= 11 is 0. The number of hydrogen-bond acceptors (Lipinski definition) is 3. The van der Waals surface area contributed by atoms with Crippen LogP contribution < -0.4 is 4.90 Å². The molecule has 1 fully saturated rings. The third-order valence-electron chi connectivity index (χ3n) is 3.70. The van der Waals surface area contributed by atoms with Crippen LogP contribution in [0.1, 0.15) is 25.5 Å². The summed E-state index contributed by atoms with van der Waals surface area (Å²) in [6, 6.07) is 13.4. The lowest BCUT2D eigenvalue weighted by molar-refractivity contribution is 0.0271. The summed E-state index contributed by atoms with van der Waals surface area (Å²) in [5, 5.41) is 0. The Bertz CT molecular complexity index is 583. The highest BCUT2D eigenvalue weighted by atomic mass is 19.1. The smallest absolute Gasteiger partial charge is 0.212 e. The van der Waals surface area contributed by atoms with Crippen molar-refractivity contribution in [3.8, 4) is 0 Å². The van der Waals surface area contributed by atoms with E-state index in [0.717, 1.165) is 5.69 Å². The lowest BCUT2D eigenvalue weighted by Gasteiger charge is -2.31. The quantitative estimate of drug-likeness (QED) is 0.782. The van der Waals surface area contributed by atoms with Gasteiger partial charge in [0.25, 0.3) is 0 Å². The standard InChI is InChI=1S/C16H17FN2O/c1-16(2)15(12-6-4-3-5-7-12)19(11-20-16)13-8-9-14(17)18-10-13/h3-10,15H,11H2,1-2H3/t15-/m0/s1. The van der Waals surface area contributed by atoms with E-state index < -0.39 is 5.95 Å². The molecule has 1 aliphatic rings. The van der Waals surface area contributed by atoms with Gasteiger partial charge in [-0.05, 0) is 31.5 Å². The van der Waals surface area contributed by atoms with Crippen LogP contribution in [0.3, 0.4) is 0 Å². The second-order valence-electron chi connectivity index (χ2n) is 5.50. The van der Waals surface area contributed by atoms with Crippen molar-refractivity contribution >= 4 is 5.69 Å². The van der Waals surface area contributed by atoms with Crippen molar-refractivity contribution in [1.82, 2.24) is 4.98 Å². The number of anilines is 1. The van der Waals surface area contributed by atoms with Crippen molar-refractivity contribution in [2.75, 3.05) is 11.6 Å². The van der Waals surface area contributed by atoms with E-state index in [2.05, 4.69) is 35.9 Å². The molecule has 0 spiro atoms. The van der Waals surface area contributed by atoms with Gasteiger partial charge in [0.05, 0.1) is 23.5 Å². The van der Waals surface area contributed by atoms with Crippen molar-refractivity contribution < 1.29 is 9.13 Å². The molecule has 0 saturated carbocycles. The molecular weight excluding hydrogens is 255 g/mol. The molecule has 1 aromatic carbocycles. The molecule has 1 aliphatic heterocycles. The predicted molar refractivity (Wildman–Crippen MR) is 75.9 cm³/mol. The van der Waals surface area contributed by atoms with Gasteiger partial charge in [-0.2, -0.15) is 4.39 Å². The molecule has 1 aromatic heterocycles. The minimum absolute atomic E-state index is 0.0796. The maximum atomic E-state index is 13.0. The Balaban J connectivity index is 2.00. The Hall–Kier alpha value is -1.94. The van der Waals surface area contributed by atoms with Gasteiger partial charge in [0.1, 0.15) is 6.73 Å². The van der Waals surface area contributed by atoms with E-state index in [0.29, 0.717) is 6.73 Å². The van der Waals surface area contributed by atoms with E-state index in [1.54, 1.807) is 12.3 Å². The largest absolute Gasteiger partial charge is 0.353 e. The van der Waals surface area contributed by atoms with Crippen LogP contribution >= 0.6 is 0 Å². The first-order valence-electron chi connectivity index (χ1n) is 6.65. The Morgan fingerprint density at radius 1 is 1.20 bits per heavy atom. The number of benzene rings is 1. The monoisotopic (exact) mass is 272 g/mol. The molecule has 0 aliphatic carbocycles. The maximum absolute atomic E-state index is 13.0. The normalized spacial score (nSPS) is 21.1. The van der Waals surface area contributed by atoms with Crippen LogP contribution in [0.15, 0.2) is 48.7 Å². The van der Waals surface area contributed by atoms with Crippen molar-refractivity contribution in [3.63, 3.8) is 0 Å². The number of hydrogen-bond donors (Lipinski definition) is 0. The first-order valence-corrected chi connectivity index (χ1v) is 6.65. The molecule has 1 saturated heterocycles. The van der Waals surface area contributed by atoms with E-state index in [1.807, 2.05) is 18.2 Å². The molecule has 2 heterocycles. The Labute approximate surface area is 118 Å². The number of rotatable bonds is 2. The molecule has 3 nitrogen and oxygen atoms in total. The SMILES string of the molecule is CC1(C)OCN(c2ccc(F)nc2)[C@H]1c1ccccc1. The van der Waals surface area contributed by atoms with Crippen molar-refractivity contribution in [3.05, 3.63) is 60.2 Å². The zero-order chi connectivity index (χ0) is 14.2. The Morgan fingerprint density at radius 3 is 2.60 bits per heavy atom. The lowest BCUT2D eigenvalue weighted by atomic mass is 9.91. The fourth-order valence-corrected chi connectivity index (χ4v) is 2.74. The average molecular weight is 272 g/mol. The molecule has 0 unspecified atom stereocenters. The highest BCUT2D eigenvalue weighted by molar-refractivity contribution is 5.49. The van der Waals surface area contributed by atoms with Gasteiger partial charge in [0.15, 0.2) is 0 Å². The van der Waals surface area contributed by atoms with E-state index in [4.69, 9.17) is 4.74 Å². The summed E-state index contributed by atoms with van der Waals surface area (Å²) in [6.07, 6.45) is 1.55. The van der Waals surface area contributed by atoms with E-state index in [-0.39, 0.29) is 11.6 Å². The molecule has 0 bridgehead atoms. The van der Waals surface area contributed by atoms with Gasteiger partial charge < -0.3 is 9.64 Å². The number of halogens is 1. The molecule has 2 aromatic rings. The molecule has 20 heavy (non-hydrogen) atoms. The number of ether oxygens (including phenoxy) is 1. The molecule has 3 rings (SSSR count). The number of nitrogens with zero attached hydrogens (tertiary/aromatic N) is 2. The topological polar surface area (TPSA) is 25.4 Å². The minimum Gasteiger partial charge on any atom is -0.353 e. The van der Waals surface area contributed by atoms with Gasteiger partial charge >= 0.3 is 0 Å². The highest BCUT2D eigenvalue weighted by Gasteiger charge is 2.42. The molecular formula is C16H17FN2O. The van der Waals surface area contributed by atoms with Crippen LogP contribution in [0.4, 0.5) is 10.1 Å². The summed E-state index contributed by atoms with van der Waals surface area (Å²) < 4.78 is 18.9. The zero-order valence-electron chi connectivity index (χ0n) is 11.6. The van der Waals surface area contributed by atoms with Gasteiger partial charge in [0.2, 0.25) is 5.95 Å². The third kappa shape index (κ3) is 2.27. The maximum Gasteiger partial charge on any atom is 0.212 e. The summed E-state index contributed by atoms with van der Waals surface area (Å²) in [5.74, 6) is -0.468.